The fourth-order valence-corrected chi connectivity index (χ4v) is 2.95. The smallest absolute Gasteiger partial charge is 0.276 e. The first-order valence-corrected chi connectivity index (χ1v) is 8.82. The van der Waals surface area contributed by atoms with Gasteiger partial charge in [-0.25, -0.2) is 4.68 Å². The minimum absolute atomic E-state index is 0.190. The third kappa shape index (κ3) is 3.63. The van der Waals surface area contributed by atoms with Crippen molar-refractivity contribution in [2.24, 2.45) is 5.92 Å². The summed E-state index contributed by atoms with van der Waals surface area (Å²) in [4.78, 5) is 25.6. The maximum absolute atomic E-state index is 12.9. The van der Waals surface area contributed by atoms with Crippen molar-refractivity contribution in [3.63, 3.8) is 0 Å². The van der Waals surface area contributed by atoms with Crippen LogP contribution in [0.5, 0.6) is 0 Å². The van der Waals surface area contributed by atoms with Crippen LogP contribution < -0.4 is 10.9 Å². The first kappa shape index (κ1) is 18.1. The van der Waals surface area contributed by atoms with Crippen LogP contribution in [0.1, 0.15) is 29.9 Å². The summed E-state index contributed by atoms with van der Waals surface area (Å²) in [7, 11) is 0. The maximum atomic E-state index is 12.9. The lowest BCUT2D eigenvalue weighted by Crippen LogP contribution is -2.29. The van der Waals surface area contributed by atoms with Gasteiger partial charge < -0.3 is 5.32 Å². The molecule has 0 aliphatic rings. The number of fused-ring (bicyclic) bond motifs is 1. The van der Waals surface area contributed by atoms with Gasteiger partial charge in [0.05, 0.1) is 5.39 Å². The van der Waals surface area contributed by atoms with Gasteiger partial charge in [0.15, 0.2) is 5.69 Å². The fourth-order valence-electron chi connectivity index (χ4n) is 2.78. The van der Waals surface area contributed by atoms with Gasteiger partial charge in [-0.15, -0.1) is 0 Å². The summed E-state index contributed by atoms with van der Waals surface area (Å²) in [5, 5.41) is 8.76. The molecular weight excluding hydrogens is 350 g/mol. The highest BCUT2D eigenvalue weighted by atomic mass is 35.5. The molecule has 5 nitrogen and oxygen atoms in total. The summed E-state index contributed by atoms with van der Waals surface area (Å²) in [6.45, 7) is 6.33. The second-order valence-electron chi connectivity index (χ2n) is 6.69. The summed E-state index contributed by atoms with van der Waals surface area (Å²) in [5.41, 5.74) is 1.54. The van der Waals surface area contributed by atoms with E-state index < -0.39 is 0 Å². The maximum Gasteiger partial charge on any atom is 0.276 e. The Balaban J connectivity index is 2.11. The van der Waals surface area contributed by atoms with E-state index in [1.807, 2.05) is 26.8 Å². The molecule has 0 radical (unpaired) electrons. The Morgan fingerprint density at radius 3 is 2.58 bits per heavy atom. The van der Waals surface area contributed by atoms with Gasteiger partial charge in [-0.3, -0.25) is 9.59 Å². The minimum Gasteiger partial charge on any atom is -0.320 e. The van der Waals surface area contributed by atoms with E-state index in [-0.39, 0.29) is 23.1 Å². The number of benzene rings is 2. The van der Waals surface area contributed by atoms with Crippen LogP contribution in [0.15, 0.2) is 47.3 Å². The van der Waals surface area contributed by atoms with E-state index in [2.05, 4.69) is 10.4 Å². The molecule has 134 valence electrons. The van der Waals surface area contributed by atoms with Crippen molar-refractivity contribution in [2.75, 3.05) is 5.32 Å². The van der Waals surface area contributed by atoms with Crippen molar-refractivity contribution in [3.05, 3.63) is 69.1 Å². The molecule has 0 atom stereocenters. The molecule has 1 amide bonds. The van der Waals surface area contributed by atoms with Crippen LogP contribution in [0.25, 0.3) is 10.8 Å². The molecule has 0 fully saturated rings. The van der Waals surface area contributed by atoms with E-state index in [0.29, 0.717) is 28.0 Å². The van der Waals surface area contributed by atoms with Crippen LogP contribution in [0.2, 0.25) is 5.02 Å². The highest BCUT2D eigenvalue weighted by molar-refractivity contribution is 6.31. The molecule has 0 unspecified atom stereocenters. The molecule has 3 rings (SSSR count). The van der Waals surface area contributed by atoms with Gasteiger partial charge in [-0.1, -0.05) is 49.7 Å². The molecule has 1 heterocycles. The van der Waals surface area contributed by atoms with Crippen LogP contribution >= 0.6 is 11.6 Å². The van der Waals surface area contributed by atoms with Gasteiger partial charge in [0.25, 0.3) is 11.5 Å². The summed E-state index contributed by atoms with van der Waals surface area (Å²) >= 11 is 6.03. The Labute approximate surface area is 156 Å². The van der Waals surface area contributed by atoms with E-state index in [4.69, 9.17) is 11.6 Å². The van der Waals surface area contributed by atoms with Crippen molar-refractivity contribution >= 4 is 34.0 Å². The number of aryl methyl sites for hydroxylation is 1. The summed E-state index contributed by atoms with van der Waals surface area (Å²) < 4.78 is 1.37. The third-order valence-corrected chi connectivity index (χ3v) is 4.30. The normalized spacial score (nSPS) is 11.1. The predicted molar refractivity (Wildman–Crippen MR) is 105 cm³/mol. The molecule has 0 saturated carbocycles. The van der Waals surface area contributed by atoms with E-state index in [9.17, 15) is 9.59 Å². The summed E-state index contributed by atoms with van der Waals surface area (Å²) in [6, 6.07) is 12.3. The lowest BCUT2D eigenvalue weighted by Gasteiger charge is -2.13. The van der Waals surface area contributed by atoms with Crippen molar-refractivity contribution < 1.29 is 4.79 Å². The number of aromatic nitrogens is 2. The molecular formula is C20H20ClN3O2. The Kier molecular flexibility index (Phi) is 5.09. The Morgan fingerprint density at radius 2 is 1.88 bits per heavy atom. The molecule has 1 N–H and O–H groups in total. The monoisotopic (exact) mass is 369 g/mol. The Hall–Kier alpha value is -2.66. The van der Waals surface area contributed by atoms with Crippen LogP contribution in [0.4, 0.5) is 5.69 Å². The quantitative estimate of drug-likeness (QED) is 0.747. The standard InChI is InChI=1S/C20H20ClN3O2/c1-12(2)11-24-20(26)16-7-5-4-6-15(16)18(23-24)19(25)22-17-10-14(21)9-8-13(17)3/h4-10,12H,11H2,1-3H3,(H,22,25). The average molecular weight is 370 g/mol. The molecule has 2 aromatic carbocycles. The van der Waals surface area contributed by atoms with E-state index in [1.165, 1.54) is 4.68 Å². The number of amides is 1. The zero-order valence-electron chi connectivity index (χ0n) is 14.9. The van der Waals surface area contributed by atoms with Gasteiger partial charge in [-0.2, -0.15) is 5.10 Å². The Morgan fingerprint density at radius 1 is 1.19 bits per heavy atom. The zero-order chi connectivity index (χ0) is 18.8. The number of hydrogen-bond donors (Lipinski definition) is 1. The molecule has 3 aromatic rings. The van der Waals surface area contributed by atoms with Gasteiger partial charge in [0, 0.05) is 22.6 Å². The number of hydrogen-bond acceptors (Lipinski definition) is 3. The molecule has 1 aromatic heterocycles. The van der Waals surface area contributed by atoms with Crippen LogP contribution in [-0.4, -0.2) is 15.7 Å². The van der Waals surface area contributed by atoms with Gasteiger partial charge >= 0.3 is 0 Å². The average Bonchev–Trinajstić information content (AvgIpc) is 2.60. The molecule has 0 bridgehead atoms. The van der Waals surface area contributed by atoms with E-state index in [1.54, 1.807) is 36.4 Å². The highest BCUT2D eigenvalue weighted by Crippen LogP contribution is 2.22. The predicted octanol–water partition coefficient (Wildman–Crippen LogP) is 4.27. The molecule has 6 heteroatoms. The fraction of sp³-hybridized carbons (Fsp3) is 0.250. The van der Waals surface area contributed by atoms with Gasteiger partial charge in [0.2, 0.25) is 0 Å². The molecule has 0 aliphatic heterocycles. The highest BCUT2D eigenvalue weighted by Gasteiger charge is 2.18. The van der Waals surface area contributed by atoms with Crippen molar-refractivity contribution in [1.29, 1.82) is 0 Å². The van der Waals surface area contributed by atoms with E-state index >= 15 is 0 Å². The number of nitrogens with one attached hydrogen (secondary N) is 1. The first-order chi connectivity index (χ1) is 12.4. The molecule has 26 heavy (non-hydrogen) atoms. The van der Waals surface area contributed by atoms with Crippen LogP contribution in [0, 0.1) is 12.8 Å². The largest absolute Gasteiger partial charge is 0.320 e. The van der Waals surface area contributed by atoms with Crippen molar-refractivity contribution in [2.45, 2.75) is 27.3 Å². The lowest BCUT2D eigenvalue weighted by atomic mass is 10.1. The summed E-state index contributed by atoms with van der Waals surface area (Å²) in [6.07, 6.45) is 0. The topological polar surface area (TPSA) is 64.0 Å². The second-order valence-corrected chi connectivity index (χ2v) is 7.13. The first-order valence-electron chi connectivity index (χ1n) is 8.44. The summed E-state index contributed by atoms with van der Waals surface area (Å²) in [5.74, 6) is -0.142. The Bertz CT molecular complexity index is 1040. The van der Waals surface area contributed by atoms with Crippen molar-refractivity contribution in [1.82, 2.24) is 9.78 Å². The number of anilines is 1. The number of halogens is 1. The van der Waals surface area contributed by atoms with E-state index in [0.717, 1.165) is 5.56 Å². The lowest BCUT2D eigenvalue weighted by molar-refractivity contribution is 0.102. The number of carbonyl (C=O) groups excluding carboxylic acids is 1. The van der Waals surface area contributed by atoms with Crippen molar-refractivity contribution in [3.8, 4) is 0 Å². The molecule has 0 spiro atoms. The second kappa shape index (κ2) is 7.30. The SMILES string of the molecule is Cc1ccc(Cl)cc1NC(=O)c1nn(CC(C)C)c(=O)c2ccccc12. The number of carbonyl (C=O) groups is 1. The van der Waals surface area contributed by atoms with Gasteiger partial charge in [0.1, 0.15) is 0 Å². The third-order valence-electron chi connectivity index (χ3n) is 4.07. The minimum atomic E-state index is -0.371. The molecule has 0 aliphatic carbocycles. The van der Waals surface area contributed by atoms with Crippen LogP contribution in [-0.2, 0) is 6.54 Å². The van der Waals surface area contributed by atoms with Gasteiger partial charge in [-0.05, 0) is 36.6 Å². The molecule has 0 saturated heterocycles. The zero-order valence-corrected chi connectivity index (χ0v) is 15.7. The number of rotatable bonds is 4. The van der Waals surface area contributed by atoms with Crippen LogP contribution in [0.3, 0.4) is 0 Å². The number of nitrogens with zero attached hydrogens (tertiary/aromatic N) is 2.